The summed E-state index contributed by atoms with van der Waals surface area (Å²) in [7, 11) is 1.76. The quantitative estimate of drug-likeness (QED) is 0.846. The average Bonchev–Trinajstić information content (AvgIpc) is 2.87. The molecule has 4 nitrogen and oxygen atoms in total. The van der Waals surface area contributed by atoms with Gasteiger partial charge in [-0.1, -0.05) is 19.3 Å². The zero-order valence-corrected chi connectivity index (χ0v) is 13.6. The first-order valence-corrected chi connectivity index (χ1v) is 7.88. The second-order valence-corrected chi connectivity index (χ2v) is 6.31. The largest absolute Gasteiger partial charge is 0.343 e. The van der Waals surface area contributed by atoms with Crippen molar-refractivity contribution in [3.63, 3.8) is 0 Å². The van der Waals surface area contributed by atoms with Gasteiger partial charge < -0.3 is 9.47 Å². The molecule has 0 saturated heterocycles. The molecule has 1 heterocycles. The topological polar surface area (TPSA) is 49.0 Å². The summed E-state index contributed by atoms with van der Waals surface area (Å²) in [6.07, 6.45) is 6.65. The molecule has 2 rings (SSSR count). The fourth-order valence-electron chi connectivity index (χ4n) is 2.94. The third-order valence-electron chi connectivity index (χ3n) is 4.26. The standard InChI is InChI=1S/C15H20BrN3O/c1-3-19-10-12(16)9-13(19)14(20)18(2)15(11-17)7-5-4-6-8-15/h9-10H,3-8H2,1-2H3. The lowest BCUT2D eigenvalue weighted by molar-refractivity contribution is 0.0578. The lowest BCUT2D eigenvalue weighted by atomic mass is 9.81. The minimum absolute atomic E-state index is 0.0685. The fourth-order valence-corrected chi connectivity index (χ4v) is 3.40. The maximum Gasteiger partial charge on any atom is 0.271 e. The molecule has 1 fully saturated rings. The van der Waals surface area contributed by atoms with Crippen molar-refractivity contribution in [1.82, 2.24) is 9.47 Å². The minimum Gasteiger partial charge on any atom is -0.343 e. The molecular weight excluding hydrogens is 318 g/mol. The van der Waals surface area contributed by atoms with Gasteiger partial charge in [0.25, 0.3) is 5.91 Å². The summed E-state index contributed by atoms with van der Waals surface area (Å²) in [5.74, 6) is -0.0685. The van der Waals surface area contributed by atoms with E-state index in [9.17, 15) is 10.1 Å². The molecule has 0 aliphatic heterocycles. The predicted octanol–water partition coefficient (Wildman–Crippen LogP) is 3.57. The molecule has 0 aromatic carbocycles. The number of nitriles is 1. The molecule has 0 unspecified atom stereocenters. The van der Waals surface area contributed by atoms with Gasteiger partial charge in [-0.3, -0.25) is 4.79 Å². The van der Waals surface area contributed by atoms with Gasteiger partial charge in [-0.15, -0.1) is 0 Å². The van der Waals surface area contributed by atoms with Crippen LogP contribution in [0.25, 0.3) is 0 Å². The van der Waals surface area contributed by atoms with Crippen LogP contribution in [0.5, 0.6) is 0 Å². The molecule has 0 bridgehead atoms. The molecule has 0 N–H and O–H groups in total. The first kappa shape index (κ1) is 15.1. The Kier molecular flexibility index (Phi) is 4.54. The van der Waals surface area contributed by atoms with Crippen LogP contribution in [0.4, 0.5) is 0 Å². The number of aromatic nitrogens is 1. The first-order valence-electron chi connectivity index (χ1n) is 7.09. The van der Waals surface area contributed by atoms with Gasteiger partial charge in [0.1, 0.15) is 11.2 Å². The molecule has 108 valence electrons. The van der Waals surface area contributed by atoms with Crippen molar-refractivity contribution in [1.29, 1.82) is 5.26 Å². The highest BCUT2D eigenvalue weighted by atomic mass is 79.9. The van der Waals surface area contributed by atoms with Crippen LogP contribution in [-0.4, -0.2) is 28.0 Å². The highest BCUT2D eigenvalue weighted by Crippen LogP contribution is 2.33. The van der Waals surface area contributed by atoms with Gasteiger partial charge in [-0.25, -0.2) is 0 Å². The first-order chi connectivity index (χ1) is 9.54. The van der Waals surface area contributed by atoms with Crippen LogP contribution in [0, 0.1) is 11.3 Å². The van der Waals surface area contributed by atoms with E-state index in [1.165, 1.54) is 0 Å². The van der Waals surface area contributed by atoms with E-state index in [4.69, 9.17) is 0 Å². The van der Waals surface area contributed by atoms with Gasteiger partial charge >= 0.3 is 0 Å². The van der Waals surface area contributed by atoms with Crippen LogP contribution in [0.1, 0.15) is 49.5 Å². The maximum absolute atomic E-state index is 12.7. The van der Waals surface area contributed by atoms with Crippen molar-refractivity contribution in [3.8, 4) is 6.07 Å². The summed E-state index contributed by atoms with van der Waals surface area (Å²) in [4.78, 5) is 14.4. The highest BCUT2D eigenvalue weighted by molar-refractivity contribution is 9.10. The fraction of sp³-hybridized carbons (Fsp3) is 0.600. The number of nitrogens with zero attached hydrogens (tertiary/aromatic N) is 3. The summed E-state index contributed by atoms with van der Waals surface area (Å²) in [6, 6.07) is 4.23. The summed E-state index contributed by atoms with van der Waals surface area (Å²) in [6.45, 7) is 2.74. The van der Waals surface area contributed by atoms with E-state index < -0.39 is 5.54 Å². The number of rotatable bonds is 3. The van der Waals surface area contributed by atoms with E-state index in [-0.39, 0.29) is 5.91 Å². The Labute approximate surface area is 128 Å². The number of halogens is 1. The number of carbonyl (C=O) groups is 1. The lowest BCUT2D eigenvalue weighted by Crippen LogP contribution is -2.50. The lowest BCUT2D eigenvalue weighted by Gasteiger charge is -2.39. The van der Waals surface area contributed by atoms with E-state index in [2.05, 4.69) is 22.0 Å². The van der Waals surface area contributed by atoms with E-state index in [1.54, 1.807) is 11.9 Å². The van der Waals surface area contributed by atoms with Crippen LogP contribution in [-0.2, 0) is 6.54 Å². The molecule has 5 heteroatoms. The molecule has 1 aromatic heterocycles. The number of hydrogen-bond donors (Lipinski definition) is 0. The number of amides is 1. The van der Waals surface area contributed by atoms with Gasteiger partial charge in [0.15, 0.2) is 0 Å². The monoisotopic (exact) mass is 337 g/mol. The normalized spacial score (nSPS) is 17.5. The predicted molar refractivity (Wildman–Crippen MR) is 81.3 cm³/mol. The number of carbonyl (C=O) groups excluding carboxylic acids is 1. The molecule has 0 atom stereocenters. The molecule has 1 aliphatic carbocycles. The molecular formula is C15H20BrN3O. The van der Waals surface area contributed by atoms with Crippen LogP contribution in [0.3, 0.4) is 0 Å². The van der Waals surface area contributed by atoms with Crippen LogP contribution in [0.15, 0.2) is 16.7 Å². The van der Waals surface area contributed by atoms with Gasteiger partial charge in [0, 0.05) is 24.3 Å². The van der Waals surface area contributed by atoms with Gasteiger partial charge in [-0.2, -0.15) is 5.26 Å². The summed E-state index contributed by atoms with van der Waals surface area (Å²) in [5, 5.41) is 9.58. The molecule has 1 aromatic rings. The third kappa shape index (κ3) is 2.62. The third-order valence-corrected chi connectivity index (χ3v) is 4.69. The van der Waals surface area contributed by atoms with E-state index in [0.717, 1.165) is 43.1 Å². The Morgan fingerprint density at radius 2 is 2.15 bits per heavy atom. The maximum atomic E-state index is 12.7. The second-order valence-electron chi connectivity index (χ2n) is 5.40. The van der Waals surface area contributed by atoms with Crippen LogP contribution in [0.2, 0.25) is 0 Å². The Hall–Kier alpha value is -1.28. The molecule has 0 spiro atoms. The van der Waals surface area contributed by atoms with Crippen molar-refractivity contribution in [2.45, 2.75) is 51.1 Å². The number of aryl methyl sites for hydroxylation is 1. The van der Waals surface area contributed by atoms with Crippen molar-refractivity contribution in [2.24, 2.45) is 0 Å². The summed E-state index contributed by atoms with van der Waals surface area (Å²) in [5.41, 5.74) is 0.00653. The van der Waals surface area contributed by atoms with Crippen molar-refractivity contribution >= 4 is 21.8 Å². The zero-order valence-electron chi connectivity index (χ0n) is 12.0. The smallest absolute Gasteiger partial charge is 0.271 e. The molecule has 1 saturated carbocycles. The highest BCUT2D eigenvalue weighted by Gasteiger charge is 2.39. The van der Waals surface area contributed by atoms with Crippen molar-refractivity contribution < 1.29 is 4.79 Å². The van der Waals surface area contributed by atoms with Crippen LogP contribution >= 0.6 is 15.9 Å². The van der Waals surface area contributed by atoms with Crippen LogP contribution < -0.4 is 0 Å². The number of hydrogen-bond acceptors (Lipinski definition) is 2. The Bertz CT molecular complexity index is 538. The van der Waals surface area contributed by atoms with Gasteiger partial charge in [0.05, 0.1) is 6.07 Å². The van der Waals surface area contributed by atoms with E-state index >= 15 is 0 Å². The van der Waals surface area contributed by atoms with Gasteiger partial charge in [-0.05, 0) is 41.8 Å². The van der Waals surface area contributed by atoms with E-state index in [1.807, 2.05) is 23.8 Å². The Balaban J connectivity index is 2.29. The minimum atomic E-state index is -0.634. The SMILES string of the molecule is CCn1cc(Br)cc1C(=O)N(C)C1(C#N)CCCCC1. The molecule has 20 heavy (non-hydrogen) atoms. The van der Waals surface area contributed by atoms with Crippen molar-refractivity contribution in [2.75, 3.05) is 7.05 Å². The Morgan fingerprint density at radius 1 is 1.50 bits per heavy atom. The zero-order chi connectivity index (χ0) is 14.8. The van der Waals surface area contributed by atoms with E-state index in [0.29, 0.717) is 5.69 Å². The average molecular weight is 338 g/mol. The molecule has 0 radical (unpaired) electrons. The van der Waals surface area contributed by atoms with Gasteiger partial charge in [0.2, 0.25) is 0 Å². The molecule has 1 amide bonds. The molecule has 1 aliphatic rings. The summed E-state index contributed by atoms with van der Waals surface area (Å²) >= 11 is 3.41. The summed E-state index contributed by atoms with van der Waals surface area (Å²) < 4.78 is 2.81. The second kappa shape index (κ2) is 6.01. The Morgan fingerprint density at radius 3 is 2.70 bits per heavy atom. The van der Waals surface area contributed by atoms with Crippen molar-refractivity contribution in [3.05, 3.63) is 22.4 Å².